The Hall–Kier alpha value is -2.64. The van der Waals surface area contributed by atoms with Crippen molar-refractivity contribution in [3.8, 4) is 0 Å². The number of carbonyl (C=O) groups excluding carboxylic acids is 4. The van der Waals surface area contributed by atoms with E-state index in [0.717, 1.165) is 4.90 Å². The minimum absolute atomic E-state index is 0.207. The molecule has 0 saturated carbocycles. The quantitative estimate of drug-likeness (QED) is 0.437. The summed E-state index contributed by atoms with van der Waals surface area (Å²) in [6.45, 7) is 8.77. The number of esters is 1. The summed E-state index contributed by atoms with van der Waals surface area (Å²) in [5.41, 5.74) is 1.49. The number of aromatic amines is 1. The molecule has 8 heteroatoms. The van der Waals surface area contributed by atoms with Gasteiger partial charge < -0.3 is 15.0 Å². The summed E-state index contributed by atoms with van der Waals surface area (Å²) < 4.78 is 5.00. The van der Waals surface area contributed by atoms with E-state index >= 15 is 0 Å². The highest BCUT2D eigenvalue weighted by Crippen LogP contribution is 2.21. The van der Waals surface area contributed by atoms with Crippen molar-refractivity contribution in [2.45, 2.75) is 47.1 Å². The first-order valence-electron chi connectivity index (χ1n) is 8.68. The van der Waals surface area contributed by atoms with E-state index in [-0.39, 0.29) is 24.8 Å². The molecule has 1 fully saturated rings. The summed E-state index contributed by atoms with van der Waals surface area (Å²) in [5, 5.41) is 2.61. The molecule has 1 unspecified atom stereocenters. The molecule has 1 aliphatic rings. The number of ether oxygens (including phenoxy) is 1. The van der Waals surface area contributed by atoms with E-state index in [0.29, 0.717) is 23.2 Å². The molecule has 8 nitrogen and oxygen atoms in total. The number of imide groups is 1. The van der Waals surface area contributed by atoms with Crippen molar-refractivity contribution in [1.82, 2.24) is 15.2 Å². The summed E-state index contributed by atoms with van der Waals surface area (Å²) in [4.78, 5) is 52.9. The zero-order valence-corrected chi connectivity index (χ0v) is 15.8. The molecule has 1 atom stereocenters. The van der Waals surface area contributed by atoms with Gasteiger partial charge in [-0.15, -0.1) is 0 Å². The lowest BCUT2D eigenvalue weighted by molar-refractivity contribution is -0.127. The van der Waals surface area contributed by atoms with E-state index in [1.807, 2.05) is 13.8 Å². The Morgan fingerprint density at radius 3 is 2.46 bits per heavy atom. The average molecular weight is 363 g/mol. The predicted molar refractivity (Wildman–Crippen MR) is 94.0 cm³/mol. The van der Waals surface area contributed by atoms with E-state index < -0.39 is 29.7 Å². The fraction of sp³-hybridized carbons (Fsp3) is 0.556. The molecule has 0 spiro atoms. The van der Waals surface area contributed by atoms with Crippen molar-refractivity contribution >= 4 is 23.7 Å². The Bertz CT molecular complexity index is 750. The van der Waals surface area contributed by atoms with Crippen molar-refractivity contribution in [1.29, 1.82) is 0 Å². The fourth-order valence-corrected chi connectivity index (χ4v) is 3.12. The lowest BCUT2D eigenvalue weighted by atomic mass is 10.0. The van der Waals surface area contributed by atoms with Crippen LogP contribution < -0.4 is 5.32 Å². The number of urea groups is 1. The summed E-state index contributed by atoms with van der Waals surface area (Å²) in [7, 11) is 0. The number of ketones is 1. The molecule has 26 heavy (non-hydrogen) atoms. The molecular weight excluding hydrogens is 338 g/mol. The molecule has 0 aromatic carbocycles. The highest BCUT2D eigenvalue weighted by Gasteiger charge is 2.39. The van der Waals surface area contributed by atoms with Gasteiger partial charge in [-0.3, -0.25) is 14.5 Å². The Morgan fingerprint density at radius 1 is 1.23 bits per heavy atom. The first-order chi connectivity index (χ1) is 12.2. The maximum atomic E-state index is 12.6. The number of hydrogen-bond donors (Lipinski definition) is 2. The maximum Gasteiger partial charge on any atom is 0.340 e. The number of hydrogen-bond acceptors (Lipinski definition) is 5. The van der Waals surface area contributed by atoms with Crippen molar-refractivity contribution in [3.05, 3.63) is 22.5 Å². The molecule has 2 N–H and O–H groups in total. The molecule has 1 aromatic heterocycles. The van der Waals surface area contributed by atoms with Crippen molar-refractivity contribution < 1.29 is 23.9 Å². The van der Waals surface area contributed by atoms with Gasteiger partial charge in [-0.2, -0.15) is 0 Å². The monoisotopic (exact) mass is 363 g/mol. The minimum Gasteiger partial charge on any atom is -0.462 e. The van der Waals surface area contributed by atoms with Crippen LogP contribution >= 0.6 is 0 Å². The number of carbonyl (C=O) groups is 4. The van der Waals surface area contributed by atoms with Gasteiger partial charge in [0, 0.05) is 5.69 Å². The number of amides is 3. The van der Waals surface area contributed by atoms with Crippen LogP contribution in [0, 0.1) is 19.8 Å². The second-order valence-corrected chi connectivity index (χ2v) is 6.82. The van der Waals surface area contributed by atoms with Crippen LogP contribution in [0.5, 0.6) is 0 Å². The fourth-order valence-electron chi connectivity index (χ4n) is 3.12. The van der Waals surface area contributed by atoms with E-state index in [2.05, 4.69) is 10.3 Å². The summed E-state index contributed by atoms with van der Waals surface area (Å²) in [6, 6.07) is -1.17. The van der Waals surface area contributed by atoms with Crippen LogP contribution in [0.3, 0.4) is 0 Å². The van der Waals surface area contributed by atoms with Crippen LogP contribution in [0.25, 0.3) is 0 Å². The normalized spacial score (nSPS) is 17.0. The average Bonchev–Trinajstić information content (AvgIpc) is 2.97. The standard InChI is InChI=1S/C18H25N3O5/c1-6-26-17(24)14-10(4)15(19-11(14)5)13(22)8-21-16(23)12(7-9(2)3)20-18(21)25/h9,12,19H,6-8H2,1-5H3,(H,20,25). The molecule has 0 bridgehead atoms. The van der Waals surface area contributed by atoms with Crippen LogP contribution in [-0.2, 0) is 9.53 Å². The van der Waals surface area contributed by atoms with Crippen molar-refractivity contribution in [2.75, 3.05) is 13.2 Å². The molecule has 3 amide bonds. The third-order valence-corrected chi connectivity index (χ3v) is 4.31. The minimum atomic E-state index is -0.600. The van der Waals surface area contributed by atoms with Crippen LogP contribution in [-0.4, -0.2) is 52.8 Å². The summed E-state index contributed by atoms with van der Waals surface area (Å²) in [6.07, 6.45) is 0.517. The first-order valence-corrected chi connectivity index (χ1v) is 8.68. The Kier molecular flexibility index (Phi) is 5.84. The Morgan fingerprint density at radius 2 is 1.88 bits per heavy atom. The Labute approximate surface area is 152 Å². The van der Waals surface area contributed by atoms with Gasteiger partial charge in [0.25, 0.3) is 5.91 Å². The van der Waals surface area contributed by atoms with E-state index in [1.54, 1.807) is 20.8 Å². The molecule has 1 aliphatic heterocycles. The highest BCUT2D eigenvalue weighted by molar-refractivity contribution is 6.10. The SMILES string of the molecule is CCOC(=O)c1c(C)[nH]c(C(=O)CN2C(=O)NC(CC(C)C)C2=O)c1C. The van der Waals surface area contributed by atoms with E-state index in [4.69, 9.17) is 4.74 Å². The largest absolute Gasteiger partial charge is 0.462 e. The lowest BCUT2D eigenvalue weighted by Gasteiger charge is -2.13. The lowest BCUT2D eigenvalue weighted by Crippen LogP contribution is -2.36. The molecule has 2 rings (SSSR count). The number of nitrogens with one attached hydrogen (secondary N) is 2. The topological polar surface area (TPSA) is 109 Å². The van der Waals surface area contributed by atoms with Gasteiger partial charge in [-0.05, 0) is 38.7 Å². The van der Waals surface area contributed by atoms with E-state index in [9.17, 15) is 19.2 Å². The number of aryl methyl sites for hydroxylation is 1. The molecule has 2 heterocycles. The zero-order valence-electron chi connectivity index (χ0n) is 15.8. The van der Waals surface area contributed by atoms with Crippen LogP contribution in [0.1, 0.15) is 59.3 Å². The smallest absolute Gasteiger partial charge is 0.340 e. The van der Waals surface area contributed by atoms with Crippen molar-refractivity contribution in [3.63, 3.8) is 0 Å². The number of H-pyrrole nitrogens is 1. The van der Waals surface area contributed by atoms with Gasteiger partial charge in [0.1, 0.15) is 6.04 Å². The van der Waals surface area contributed by atoms with Crippen LogP contribution in [0.4, 0.5) is 4.79 Å². The van der Waals surface area contributed by atoms with Gasteiger partial charge in [0.15, 0.2) is 5.78 Å². The molecular formula is C18H25N3O5. The molecule has 0 radical (unpaired) electrons. The molecule has 1 aromatic rings. The molecule has 0 aliphatic carbocycles. The van der Waals surface area contributed by atoms with Gasteiger partial charge in [0.05, 0.1) is 24.4 Å². The summed E-state index contributed by atoms with van der Waals surface area (Å²) in [5.74, 6) is -1.11. The number of nitrogens with zero attached hydrogens (tertiary/aromatic N) is 1. The molecule has 142 valence electrons. The van der Waals surface area contributed by atoms with Crippen LogP contribution in [0.2, 0.25) is 0 Å². The van der Waals surface area contributed by atoms with Gasteiger partial charge in [-0.1, -0.05) is 13.8 Å². The third kappa shape index (κ3) is 3.79. The molecule has 1 saturated heterocycles. The number of rotatable bonds is 7. The van der Waals surface area contributed by atoms with Gasteiger partial charge in [-0.25, -0.2) is 9.59 Å². The van der Waals surface area contributed by atoms with Crippen LogP contribution in [0.15, 0.2) is 0 Å². The predicted octanol–water partition coefficient (Wildman–Crippen LogP) is 1.96. The van der Waals surface area contributed by atoms with Gasteiger partial charge >= 0.3 is 12.0 Å². The number of aromatic nitrogens is 1. The second-order valence-electron chi connectivity index (χ2n) is 6.82. The van der Waals surface area contributed by atoms with Gasteiger partial charge in [0.2, 0.25) is 0 Å². The third-order valence-electron chi connectivity index (χ3n) is 4.31. The summed E-state index contributed by atoms with van der Waals surface area (Å²) >= 11 is 0. The van der Waals surface area contributed by atoms with Crippen molar-refractivity contribution in [2.24, 2.45) is 5.92 Å². The maximum absolute atomic E-state index is 12.6. The number of Topliss-reactive ketones (excluding diaryl/α,β-unsaturated/α-hetero) is 1. The zero-order chi connectivity index (χ0) is 19.6. The first kappa shape index (κ1) is 19.7. The Balaban J connectivity index is 2.18. The second kappa shape index (κ2) is 7.72. The highest BCUT2D eigenvalue weighted by atomic mass is 16.5. The van der Waals surface area contributed by atoms with E-state index in [1.165, 1.54) is 0 Å².